The molecule has 2 nitrogen and oxygen atoms in total. The van der Waals surface area contributed by atoms with Crippen molar-refractivity contribution in [2.45, 2.75) is 46.5 Å². The molecule has 0 bridgehead atoms. The predicted molar refractivity (Wildman–Crippen MR) is 61.2 cm³/mol. The molecule has 0 aromatic heterocycles. The second kappa shape index (κ2) is 8.79. The number of rotatable bonds is 7. The highest BCUT2D eigenvalue weighted by Crippen LogP contribution is 2.00. The van der Waals surface area contributed by atoms with E-state index in [9.17, 15) is 4.79 Å². The standard InChI is InChI=1S/C12H23NO/c1-4-7-8-9-10-11-12(14)13(5-2)6-3/h10-11H,4-9H2,1-3H3/b11-10+. The van der Waals surface area contributed by atoms with Gasteiger partial charge in [-0.3, -0.25) is 4.79 Å². The third-order valence-corrected chi connectivity index (χ3v) is 2.31. The fourth-order valence-electron chi connectivity index (χ4n) is 1.34. The topological polar surface area (TPSA) is 20.3 Å². The van der Waals surface area contributed by atoms with Crippen LogP contribution in [0.15, 0.2) is 12.2 Å². The summed E-state index contributed by atoms with van der Waals surface area (Å²) in [6.07, 6.45) is 8.42. The molecule has 0 spiro atoms. The van der Waals surface area contributed by atoms with Gasteiger partial charge in [0.1, 0.15) is 0 Å². The van der Waals surface area contributed by atoms with Crippen molar-refractivity contribution in [3.8, 4) is 0 Å². The third-order valence-electron chi connectivity index (χ3n) is 2.31. The molecule has 0 unspecified atom stereocenters. The molecule has 14 heavy (non-hydrogen) atoms. The van der Waals surface area contributed by atoms with Crippen molar-refractivity contribution < 1.29 is 4.79 Å². The van der Waals surface area contributed by atoms with Crippen LogP contribution < -0.4 is 0 Å². The second-order valence-corrected chi connectivity index (χ2v) is 3.41. The molecule has 0 saturated heterocycles. The van der Waals surface area contributed by atoms with Crippen LogP contribution in [0.2, 0.25) is 0 Å². The smallest absolute Gasteiger partial charge is 0.246 e. The fourth-order valence-corrected chi connectivity index (χ4v) is 1.34. The van der Waals surface area contributed by atoms with Crippen LogP contribution in [0.1, 0.15) is 46.5 Å². The molecule has 0 aliphatic carbocycles. The van der Waals surface area contributed by atoms with E-state index in [0.717, 1.165) is 19.5 Å². The first-order valence-corrected chi connectivity index (χ1v) is 5.71. The Kier molecular flexibility index (Phi) is 8.30. The maximum atomic E-state index is 11.5. The Morgan fingerprint density at radius 1 is 1.14 bits per heavy atom. The normalized spacial score (nSPS) is 10.8. The van der Waals surface area contributed by atoms with E-state index in [-0.39, 0.29) is 5.91 Å². The largest absolute Gasteiger partial charge is 0.340 e. The van der Waals surface area contributed by atoms with Crippen molar-refractivity contribution in [1.29, 1.82) is 0 Å². The van der Waals surface area contributed by atoms with Gasteiger partial charge in [0, 0.05) is 13.1 Å². The van der Waals surface area contributed by atoms with E-state index < -0.39 is 0 Å². The van der Waals surface area contributed by atoms with Crippen molar-refractivity contribution in [2.24, 2.45) is 0 Å². The highest BCUT2D eigenvalue weighted by atomic mass is 16.2. The molecule has 0 aromatic rings. The lowest BCUT2D eigenvalue weighted by Crippen LogP contribution is -2.28. The van der Waals surface area contributed by atoms with E-state index in [1.165, 1.54) is 19.3 Å². The molecule has 0 aromatic carbocycles. The molecule has 2 heteroatoms. The van der Waals surface area contributed by atoms with Gasteiger partial charge in [-0.1, -0.05) is 25.8 Å². The van der Waals surface area contributed by atoms with Gasteiger partial charge < -0.3 is 4.90 Å². The Hall–Kier alpha value is -0.790. The lowest BCUT2D eigenvalue weighted by Gasteiger charge is -2.15. The van der Waals surface area contributed by atoms with Gasteiger partial charge >= 0.3 is 0 Å². The SMILES string of the molecule is CCCCC/C=C/C(=O)N(CC)CC. The van der Waals surface area contributed by atoms with Gasteiger partial charge in [-0.15, -0.1) is 0 Å². The first-order chi connectivity index (χ1) is 6.76. The monoisotopic (exact) mass is 197 g/mol. The van der Waals surface area contributed by atoms with Gasteiger partial charge in [0.15, 0.2) is 0 Å². The molecular weight excluding hydrogens is 174 g/mol. The third kappa shape index (κ3) is 5.79. The number of carbonyl (C=O) groups is 1. The van der Waals surface area contributed by atoms with Crippen molar-refractivity contribution in [2.75, 3.05) is 13.1 Å². The predicted octanol–water partition coefficient (Wildman–Crippen LogP) is 2.99. The molecule has 0 saturated carbocycles. The van der Waals surface area contributed by atoms with Gasteiger partial charge in [-0.2, -0.15) is 0 Å². The number of allylic oxidation sites excluding steroid dienone is 1. The summed E-state index contributed by atoms with van der Waals surface area (Å²) in [6.45, 7) is 7.80. The van der Waals surface area contributed by atoms with E-state index in [1.54, 1.807) is 6.08 Å². The van der Waals surface area contributed by atoms with Crippen LogP contribution in [0.5, 0.6) is 0 Å². The zero-order chi connectivity index (χ0) is 10.8. The minimum Gasteiger partial charge on any atom is -0.340 e. The van der Waals surface area contributed by atoms with Gasteiger partial charge in [-0.05, 0) is 32.8 Å². The molecule has 82 valence electrons. The maximum absolute atomic E-state index is 11.5. The summed E-state index contributed by atoms with van der Waals surface area (Å²) in [5.74, 6) is 0.145. The van der Waals surface area contributed by atoms with Gasteiger partial charge in [0.25, 0.3) is 0 Å². The van der Waals surface area contributed by atoms with Crippen LogP contribution in [0.25, 0.3) is 0 Å². The summed E-state index contributed by atoms with van der Waals surface area (Å²) in [4.78, 5) is 13.3. The van der Waals surface area contributed by atoms with Gasteiger partial charge in [0.05, 0.1) is 0 Å². The lowest BCUT2D eigenvalue weighted by atomic mass is 10.2. The molecule has 0 aliphatic rings. The van der Waals surface area contributed by atoms with Gasteiger partial charge in [-0.25, -0.2) is 0 Å². The quantitative estimate of drug-likeness (QED) is 0.454. The number of amides is 1. The van der Waals surface area contributed by atoms with Crippen LogP contribution in [0.4, 0.5) is 0 Å². The summed E-state index contributed by atoms with van der Waals surface area (Å²) in [5.41, 5.74) is 0. The highest BCUT2D eigenvalue weighted by Gasteiger charge is 2.03. The molecule has 0 heterocycles. The summed E-state index contributed by atoms with van der Waals surface area (Å²) < 4.78 is 0. The molecular formula is C12H23NO. The summed E-state index contributed by atoms with van der Waals surface area (Å²) in [6, 6.07) is 0. The number of carbonyl (C=O) groups excluding carboxylic acids is 1. The Morgan fingerprint density at radius 2 is 1.79 bits per heavy atom. The first kappa shape index (κ1) is 13.2. The van der Waals surface area contributed by atoms with Crippen LogP contribution in [0, 0.1) is 0 Å². The summed E-state index contributed by atoms with van der Waals surface area (Å²) >= 11 is 0. The van der Waals surface area contributed by atoms with E-state index in [1.807, 2.05) is 24.8 Å². The number of likely N-dealkylation sites (N-methyl/N-ethyl adjacent to an activating group) is 1. The minimum absolute atomic E-state index is 0.145. The molecule has 0 atom stereocenters. The summed E-state index contributed by atoms with van der Waals surface area (Å²) in [5, 5.41) is 0. The molecule has 0 fully saturated rings. The van der Waals surface area contributed by atoms with E-state index in [0.29, 0.717) is 0 Å². The van der Waals surface area contributed by atoms with Crippen molar-refractivity contribution in [3.05, 3.63) is 12.2 Å². The second-order valence-electron chi connectivity index (χ2n) is 3.41. The van der Waals surface area contributed by atoms with Crippen molar-refractivity contribution in [1.82, 2.24) is 4.90 Å². The van der Waals surface area contributed by atoms with Crippen molar-refractivity contribution >= 4 is 5.91 Å². The average molecular weight is 197 g/mol. The molecule has 0 rings (SSSR count). The zero-order valence-electron chi connectivity index (χ0n) is 9.75. The lowest BCUT2D eigenvalue weighted by molar-refractivity contribution is -0.125. The number of nitrogens with zero attached hydrogens (tertiary/aromatic N) is 1. The van der Waals surface area contributed by atoms with Crippen LogP contribution in [-0.2, 0) is 4.79 Å². The number of hydrogen-bond donors (Lipinski definition) is 0. The van der Waals surface area contributed by atoms with Gasteiger partial charge in [0.2, 0.25) is 5.91 Å². The van der Waals surface area contributed by atoms with Crippen molar-refractivity contribution in [3.63, 3.8) is 0 Å². The van der Waals surface area contributed by atoms with Crippen LogP contribution in [0.3, 0.4) is 0 Å². The Bertz CT molecular complexity index is 171. The van der Waals surface area contributed by atoms with E-state index in [2.05, 4.69) is 6.92 Å². The molecule has 0 radical (unpaired) electrons. The number of unbranched alkanes of at least 4 members (excludes halogenated alkanes) is 3. The maximum Gasteiger partial charge on any atom is 0.246 e. The zero-order valence-corrected chi connectivity index (χ0v) is 9.75. The number of hydrogen-bond acceptors (Lipinski definition) is 1. The Morgan fingerprint density at radius 3 is 2.29 bits per heavy atom. The van der Waals surface area contributed by atoms with E-state index in [4.69, 9.17) is 0 Å². The summed E-state index contributed by atoms with van der Waals surface area (Å²) in [7, 11) is 0. The Balaban J connectivity index is 3.69. The van der Waals surface area contributed by atoms with Crippen LogP contribution >= 0.6 is 0 Å². The Labute approximate surface area is 88.0 Å². The fraction of sp³-hybridized carbons (Fsp3) is 0.750. The highest BCUT2D eigenvalue weighted by molar-refractivity contribution is 5.87. The average Bonchev–Trinajstić information content (AvgIpc) is 2.19. The van der Waals surface area contributed by atoms with Crippen LogP contribution in [-0.4, -0.2) is 23.9 Å². The molecule has 0 N–H and O–H groups in total. The minimum atomic E-state index is 0.145. The van der Waals surface area contributed by atoms with E-state index >= 15 is 0 Å². The molecule has 0 aliphatic heterocycles. The first-order valence-electron chi connectivity index (χ1n) is 5.71. The molecule has 1 amide bonds.